The van der Waals surface area contributed by atoms with E-state index in [0.717, 1.165) is 5.56 Å². The first kappa shape index (κ1) is 14.8. The quantitative estimate of drug-likeness (QED) is 0.923. The van der Waals surface area contributed by atoms with Crippen LogP contribution in [0.4, 0.5) is 13.2 Å². The van der Waals surface area contributed by atoms with Crippen LogP contribution in [0, 0.1) is 0 Å². The van der Waals surface area contributed by atoms with Gasteiger partial charge in [0.1, 0.15) is 6.17 Å². The maximum absolute atomic E-state index is 12.4. The summed E-state index contributed by atoms with van der Waals surface area (Å²) in [6.45, 7) is 1.52. The molecule has 110 valence electrons. The molecular weight excluding hydrogens is 269 g/mol. The maximum atomic E-state index is 12.4. The lowest BCUT2D eigenvalue weighted by atomic mass is 10.1. The number of rotatable bonds is 4. The molecule has 2 atom stereocenters. The monoisotopic (exact) mass is 286 g/mol. The average molecular weight is 286 g/mol. The highest BCUT2D eigenvalue weighted by atomic mass is 19.4. The molecule has 1 aromatic rings. The third-order valence-corrected chi connectivity index (χ3v) is 3.41. The second-order valence-electron chi connectivity index (χ2n) is 4.84. The van der Waals surface area contributed by atoms with E-state index in [2.05, 4.69) is 5.32 Å². The van der Waals surface area contributed by atoms with Gasteiger partial charge in [-0.25, -0.2) is 0 Å². The minimum Gasteiger partial charge on any atom is -0.321 e. The second kappa shape index (κ2) is 5.83. The van der Waals surface area contributed by atoms with Crippen LogP contribution in [0.5, 0.6) is 0 Å². The van der Waals surface area contributed by atoms with E-state index in [1.165, 1.54) is 4.90 Å². The lowest BCUT2D eigenvalue weighted by molar-refractivity contribution is -0.145. The number of benzene rings is 1. The Hall–Kier alpha value is -1.56. The summed E-state index contributed by atoms with van der Waals surface area (Å²) in [5.41, 5.74) is 0.805. The summed E-state index contributed by atoms with van der Waals surface area (Å²) < 4.78 is 37.2. The van der Waals surface area contributed by atoms with E-state index in [9.17, 15) is 18.0 Å². The Labute approximate surface area is 115 Å². The number of alkyl halides is 3. The van der Waals surface area contributed by atoms with Gasteiger partial charge in [0.15, 0.2) is 0 Å². The Balaban J connectivity index is 2.17. The molecule has 0 saturated carbocycles. The van der Waals surface area contributed by atoms with Gasteiger partial charge in [0.25, 0.3) is 0 Å². The summed E-state index contributed by atoms with van der Waals surface area (Å²) in [5.74, 6) is -0.259. The molecule has 6 heteroatoms. The number of carbonyl (C=O) groups excluding carboxylic acids is 1. The molecule has 1 aliphatic rings. The van der Waals surface area contributed by atoms with Crippen LogP contribution in [-0.4, -0.2) is 29.6 Å². The lowest BCUT2D eigenvalue weighted by Crippen LogP contribution is -2.34. The van der Waals surface area contributed by atoms with Crippen molar-refractivity contribution in [3.05, 3.63) is 35.9 Å². The van der Waals surface area contributed by atoms with Gasteiger partial charge in [0, 0.05) is 6.54 Å². The SMILES string of the molecule is CCC1NC(c2ccccc2)N(CCC(F)(F)F)C1=O. The molecule has 1 fully saturated rings. The number of carbonyl (C=O) groups is 1. The molecule has 1 heterocycles. The summed E-state index contributed by atoms with van der Waals surface area (Å²) in [6, 6.07) is 8.66. The zero-order valence-corrected chi connectivity index (χ0v) is 11.2. The summed E-state index contributed by atoms with van der Waals surface area (Å²) in [4.78, 5) is 13.4. The van der Waals surface area contributed by atoms with Crippen LogP contribution in [-0.2, 0) is 4.79 Å². The predicted molar refractivity (Wildman–Crippen MR) is 68.8 cm³/mol. The topological polar surface area (TPSA) is 32.3 Å². The zero-order valence-electron chi connectivity index (χ0n) is 11.2. The summed E-state index contributed by atoms with van der Waals surface area (Å²) >= 11 is 0. The fourth-order valence-electron chi connectivity index (χ4n) is 2.37. The number of hydrogen-bond donors (Lipinski definition) is 1. The molecule has 0 aromatic heterocycles. The molecule has 2 rings (SSSR count). The Morgan fingerprint density at radius 1 is 1.25 bits per heavy atom. The molecular formula is C14H17F3N2O. The van der Waals surface area contributed by atoms with Gasteiger partial charge >= 0.3 is 6.18 Å². The van der Waals surface area contributed by atoms with E-state index < -0.39 is 24.8 Å². The Bertz CT molecular complexity index is 461. The first-order valence-corrected chi connectivity index (χ1v) is 6.60. The molecule has 0 spiro atoms. The fraction of sp³-hybridized carbons (Fsp3) is 0.500. The van der Waals surface area contributed by atoms with Crippen molar-refractivity contribution in [1.82, 2.24) is 10.2 Å². The zero-order chi connectivity index (χ0) is 14.8. The van der Waals surface area contributed by atoms with Crippen LogP contribution in [0.25, 0.3) is 0 Å². The summed E-state index contributed by atoms with van der Waals surface area (Å²) in [7, 11) is 0. The number of nitrogens with one attached hydrogen (secondary N) is 1. The molecule has 1 aliphatic heterocycles. The van der Waals surface area contributed by atoms with Crippen LogP contribution in [0.15, 0.2) is 30.3 Å². The molecule has 20 heavy (non-hydrogen) atoms. The van der Waals surface area contributed by atoms with Crippen LogP contribution >= 0.6 is 0 Å². The van der Waals surface area contributed by atoms with E-state index in [4.69, 9.17) is 0 Å². The second-order valence-corrected chi connectivity index (χ2v) is 4.84. The van der Waals surface area contributed by atoms with Crippen molar-refractivity contribution in [2.45, 2.75) is 38.1 Å². The van der Waals surface area contributed by atoms with Gasteiger partial charge in [0.2, 0.25) is 5.91 Å². The minimum absolute atomic E-state index is 0.259. The number of amides is 1. The molecule has 0 aliphatic carbocycles. The van der Waals surface area contributed by atoms with Gasteiger partial charge in [-0.3, -0.25) is 10.1 Å². The highest BCUT2D eigenvalue weighted by molar-refractivity contribution is 5.84. The largest absolute Gasteiger partial charge is 0.390 e. The van der Waals surface area contributed by atoms with Crippen LogP contribution in [0.2, 0.25) is 0 Å². The molecule has 0 radical (unpaired) electrons. The van der Waals surface area contributed by atoms with Crippen molar-refractivity contribution >= 4 is 5.91 Å². The predicted octanol–water partition coefficient (Wildman–Crippen LogP) is 2.85. The Morgan fingerprint density at radius 3 is 2.45 bits per heavy atom. The summed E-state index contributed by atoms with van der Waals surface area (Å²) in [5, 5.41) is 3.10. The third kappa shape index (κ3) is 3.30. The van der Waals surface area contributed by atoms with Crippen molar-refractivity contribution in [3.63, 3.8) is 0 Å². The average Bonchev–Trinajstić information content (AvgIpc) is 2.73. The van der Waals surface area contributed by atoms with Gasteiger partial charge in [0.05, 0.1) is 12.5 Å². The number of hydrogen-bond acceptors (Lipinski definition) is 2. The minimum atomic E-state index is -4.26. The molecule has 2 unspecified atom stereocenters. The molecule has 1 saturated heterocycles. The Kier molecular flexibility index (Phi) is 4.32. The standard InChI is InChI=1S/C14H17F3N2O/c1-2-11-13(20)19(9-8-14(15,16)17)12(18-11)10-6-4-3-5-7-10/h3-7,11-12,18H,2,8-9H2,1H3. The van der Waals surface area contributed by atoms with Gasteiger partial charge in [-0.2, -0.15) is 13.2 Å². The van der Waals surface area contributed by atoms with Crippen molar-refractivity contribution in [2.75, 3.05) is 6.54 Å². The first-order chi connectivity index (χ1) is 9.42. The highest BCUT2D eigenvalue weighted by Crippen LogP contribution is 2.29. The van der Waals surface area contributed by atoms with E-state index >= 15 is 0 Å². The first-order valence-electron chi connectivity index (χ1n) is 6.60. The van der Waals surface area contributed by atoms with E-state index in [1.807, 2.05) is 37.3 Å². The van der Waals surface area contributed by atoms with E-state index in [0.29, 0.717) is 6.42 Å². The Morgan fingerprint density at radius 2 is 1.90 bits per heavy atom. The van der Waals surface area contributed by atoms with Crippen molar-refractivity contribution < 1.29 is 18.0 Å². The molecule has 3 nitrogen and oxygen atoms in total. The van der Waals surface area contributed by atoms with E-state index in [1.54, 1.807) is 0 Å². The molecule has 0 bridgehead atoms. The summed E-state index contributed by atoms with van der Waals surface area (Å²) in [6.07, 6.45) is -5.16. The fourth-order valence-corrected chi connectivity index (χ4v) is 2.37. The lowest BCUT2D eigenvalue weighted by Gasteiger charge is -2.25. The number of nitrogens with zero attached hydrogens (tertiary/aromatic N) is 1. The smallest absolute Gasteiger partial charge is 0.321 e. The molecule has 1 amide bonds. The maximum Gasteiger partial charge on any atom is 0.390 e. The highest BCUT2D eigenvalue weighted by Gasteiger charge is 2.40. The van der Waals surface area contributed by atoms with Crippen LogP contribution < -0.4 is 5.32 Å². The normalized spacial score (nSPS) is 23.4. The third-order valence-electron chi connectivity index (χ3n) is 3.41. The molecule has 1 aromatic carbocycles. The van der Waals surface area contributed by atoms with Crippen LogP contribution in [0.1, 0.15) is 31.5 Å². The van der Waals surface area contributed by atoms with Crippen molar-refractivity contribution in [3.8, 4) is 0 Å². The van der Waals surface area contributed by atoms with Gasteiger partial charge < -0.3 is 4.90 Å². The molecule has 1 N–H and O–H groups in total. The van der Waals surface area contributed by atoms with E-state index in [-0.39, 0.29) is 12.5 Å². The van der Waals surface area contributed by atoms with Gasteiger partial charge in [-0.05, 0) is 12.0 Å². The van der Waals surface area contributed by atoms with Crippen molar-refractivity contribution in [2.24, 2.45) is 0 Å². The number of halogens is 3. The van der Waals surface area contributed by atoms with Gasteiger partial charge in [-0.15, -0.1) is 0 Å². The van der Waals surface area contributed by atoms with Crippen LogP contribution in [0.3, 0.4) is 0 Å². The van der Waals surface area contributed by atoms with Crippen molar-refractivity contribution in [1.29, 1.82) is 0 Å². The van der Waals surface area contributed by atoms with Gasteiger partial charge in [-0.1, -0.05) is 37.3 Å².